The summed E-state index contributed by atoms with van der Waals surface area (Å²) in [6.07, 6.45) is 8.69. The summed E-state index contributed by atoms with van der Waals surface area (Å²) in [4.78, 5) is 0.693. The van der Waals surface area contributed by atoms with Crippen LogP contribution in [-0.2, 0) is 6.42 Å². The smallest absolute Gasteiger partial charge is 0.0812 e. The highest BCUT2D eigenvalue weighted by atomic mass is 32.2. The van der Waals surface area contributed by atoms with E-state index in [4.69, 9.17) is 0 Å². The van der Waals surface area contributed by atoms with E-state index in [9.17, 15) is 3.89 Å². The zero-order valence-electron chi connectivity index (χ0n) is 11.3. The van der Waals surface area contributed by atoms with Crippen LogP contribution in [0, 0.1) is 0 Å². The molecular formula is C16H23FS. The van der Waals surface area contributed by atoms with Crippen LogP contribution in [0.15, 0.2) is 41.3 Å². The highest BCUT2D eigenvalue weighted by Crippen LogP contribution is 2.19. The first-order chi connectivity index (χ1) is 8.72. The zero-order chi connectivity index (χ0) is 13.2. The van der Waals surface area contributed by atoms with Crippen LogP contribution in [-0.4, -0.2) is 0 Å². The summed E-state index contributed by atoms with van der Waals surface area (Å²) in [6, 6.07) is 7.77. The second-order valence-electron chi connectivity index (χ2n) is 4.95. The van der Waals surface area contributed by atoms with E-state index < -0.39 is 0 Å². The third-order valence-corrected chi connectivity index (χ3v) is 3.53. The average Bonchev–Trinajstić information content (AvgIpc) is 2.38. The number of benzene rings is 1. The fraction of sp³-hybridized carbons (Fsp3) is 0.500. The average molecular weight is 266 g/mol. The summed E-state index contributed by atoms with van der Waals surface area (Å²) >= 11 is 0.310. The quantitative estimate of drug-likeness (QED) is 0.383. The van der Waals surface area contributed by atoms with E-state index in [2.05, 4.69) is 13.5 Å². The summed E-state index contributed by atoms with van der Waals surface area (Å²) in [6.45, 7) is 6.01. The van der Waals surface area contributed by atoms with Crippen molar-refractivity contribution < 1.29 is 3.89 Å². The molecule has 1 aromatic rings. The van der Waals surface area contributed by atoms with Crippen LogP contribution in [0.3, 0.4) is 0 Å². The number of unbranched alkanes of at least 4 members (excludes halogenated alkanes) is 4. The SMILES string of the molecule is C=C(C)CCCCCCCc1ccc(SF)cc1. The normalized spacial score (nSPS) is 10.6. The Kier molecular flexibility index (Phi) is 7.83. The van der Waals surface area contributed by atoms with Gasteiger partial charge >= 0.3 is 0 Å². The molecule has 18 heavy (non-hydrogen) atoms. The third-order valence-electron chi connectivity index (χ3n) is 3.08. The van der Waals surface area contributed by atoms with Gasteiger partial charge in [-0.3, -0.25) is 0 Å². The highest BCUT2D eigenvalue weighted by molar-refractivity contribution is 7.94. The van der Waals surface area contributed by atoms with Crippen LogP contribution in [0.5, 0.6) is 0 Å². The second kappa shape index (κ2) is 9.21. The molecule has 0 aliphatic carbocycles. The van der Waals surface area contributed by atoms with E-state index in [-0.39, 0.29) is 0 Å². The summed E-state index contributed by atoms with van der Waals surface area (Å²) in [5.41, 5.74) is 2.61. The molecule has 0 N–H and O–H groups in total. The van der Waals surface area contributed by atoms with Gasteiger partial charge in [0.2, 0.25) is 0 Å². The second-order valence-corrected chi connectivity index (χ2v) is 5.57. The topological polar surface area (TPSA) is 0 Å². The van der Waals surface area contributed by atoms with Crippen molar-refractivity contribution in [3.63, 3.8) is 0 Å². The fourth-order valence-electron chi connectivity index (χ4n) is 1.99. The van der Waals surface area contributed by atoms with Crippen molar-refractivity contribution in [2.75, 3.05) is 0 Å². The Hall–Kier alpha value is -0.760. The molecular weight excluding hydrogens is 243 g/mol. The summed E-state index contributed by atoms with van der Waals surface area (Å²) in [7, 11) is 0. The maximum Gasteiger partial charge on any atom is 0.0812 e. The molecule has 0 spiro atoms. The van der Waals surface area contributed by atoms with Gasteiger partial charge in [-0.15, -0.1) is 6.58 Å². The fourth-order valence-corrected chi connectivity index (χ4v) is 2.23. The van der Waals surface area contributed by atoms with E-state index in [0.29, 0.717) is 17.0 Å². The molecule has 100 valence electrons. The van der Waals surface area contributed by atoms with Crippen molar-refractivity contribution in [1.29, 1.82) is 0 Å². The third kappa shape index (κ3) is 6.85. The van der Waals surface area contributed by atoms with Crippen LogP contribution in [0.4, 0.5) is 3.89 Å². The van der Waals surface area contributed by atoms with Gasteiger partial charge in [-0.2, -0.15) is 3.89 Å². The van der Waals surface area contributed by atoms with Crippen molar-refractivity contribution in [2.24, 2.45) is 0 Å². The van der Waals surface area contributed by atoms with E-state index in [0.717, 1.165) is 6.42 Å². The number of rotatable bonds is 9. The Balaban J connectivity index is 2.05. The maximum atomic E-state index is 12.2. The molecule has 0 nitrogen and oxygen atoms in total. The van der Waals surface area contributed by atoms with Crippen LogP contribution < -0.4 is 0 Å². The summed E-state index contributed by atoms with van der Waals surface area (Å²) in [5, 5.41) is 0. The lowest BCUT2D eigenvalue weighted by molar-refractivity contribution is 0.612. The maximum absolute atomic E-state index is 12.2. The molecule has 1 aromatic carbocycles. The molecule has 0 unspecified atom stereocenters. The van der Waals surface area contributed by atoms with Crippen molar-refractivity contribution in [3.8, 4) is 0 Å². The van der Waals surface area contributed by atoms with E-state index in [1.807, 2.05) is 24.3 Å². The zero-order valence-corrected chi connectivity index (χ0v) is 12.1. The van der Waals surface area contributed by atoms with Gasteiger partial charge in [0, 0.05) is 4.90 Å². The minimum atomic E-state index is 0.310. The van der Waals surface area contributed by atoms with Crippen LogP contribution in [0.25, 0.3) is 0 Å². The number of hydrogen-bond acceptors (Lipinski definition) is 1. The molecule has 0 aliphatic rings. The van der Waals surface area contributed by atoms with Crippen LogP contribution in [0.1, 0.15) is 51.0 Å². The Morgan fingerprint density at radius 1 is 1.06 bits per heavy atom. The van der Waals surface area contributed by atoms with Crippen LogP contribution in [0.2, 0.25) is 0 Å². The van der Waals surface area contributed by atoms with E-state index in [1.54, 1.807) is 0 Å². The first-order valence-corrected chi connectivity index (χ1v) is 7.46. The monoisotopic (exact) mass is 266 g/mol. The lowest BCUT2D eigenvalue weighted by Gasteiger charge is -2.03. The predicted molar refractivity (Wildman–Crippen MR) is 79.6 cm³/mol. The first-order valence-electron chi connectivity index (χ1n) is 6.74. The van der Waals surface area contributed by atoms with Crippen molar-refractivity contribution in [1.82, 2.24) is 0 Å². The molecule has 1 rings (SSSR count). The van der Waals surface area contributed by atoms with Gasteiger partial charge in [0.05, 0.1) is 12.1 Å². The molecule has 2 heteroatoms. The molecule has 0 aromatic heterocycles. The standard InChI is InChI=1S/C16H23FS/c1-14(2)8-6-4-3-5-7-9-15-10-12-16(18-17)13-11-15/h10-13H,1,3-9H2,2H3. The van der Waals surface area contributed by atoms with Gasteiger partial charge in [-0.1, -0.05) is 37.0 Å². The van der Waals surface area contributed by atoms with Gasteiger partial charge in [0.1, 0.15) is 0 Å². The lowest BCUT2D eigenvalue weighted by Crippen LogP contribution is -1.86. The van der Waals surface area contributed by atoms with Crippen molar-refractivity contribution in [2.45, 2.75) is 56.8 Å². The number of halogens is 1. The van der Waals surface area contributed by atoms with Crippen LogP contribution >= 0.6 is 12.1 Å². The molecule has 0 heterocycles. The minimum absolute atomic E-state index is 0.310. The van der Waals surface area contributed by atoms with Crippen molar-refractivity contribution in [3.05, 3.63) is 42.0 Å². The number of hydrogen-bond donors (Lipinski definition) is 0. The first kappa shape index (κ1) is 15.3. The molecule has 0 radical (unpaired) electrons. The largest absolute Gasteiger partial charge is 0.160 e. The Morgan fingerprint density at radius 3 is 2.28 bits per heavy atom. The molecule has 0 fully saturated rings. The van der Waals surface area contributed by atoms with Gasteiger partial charge in [-0.05, 0) is 50.3 Å². The summed E-state index contributed by atoms with van der Waals surface area (Å²) < 4.78 is 12.2. The molecule has 0 bridgehead atoms. The van der Waals surface area contributed by atoms with E-state index in [1.165, 1.54) is 49.7 Å². The van der Waals surface area contributed by atoms with Gasteiger partial charge in [0.25, 0.3) is 0 Å². The number of aryl methyl sites for hydroxylation is 1. The van der Waals surface area contributed by atoms with Gasteiger partial charge in [0.15, 0.2) is 0 Å². The van der Waals surface area contributed by atoms with Gasteiger partial charge in [-0.25, -0.2) is 0 Å². The predicted octanol–water partition coefficient (Wildman–Crippen LogP) is 6.12. The molecule has 0 atom stereocenters. The Bertz CT molecular complexity index is 343. The molecule has 0 saturated carbocycles. The minimum Gasteiger partial charge on any atom is -0.160 e. The van der Waals surface area contributed by atoms with E-state index >= 15 is 0 Å². The molecule has 0 aliphatic heterocycles. The molecule has 0 saturated heterocycles. The molecule has 0 amide bonds. The number of allylic oxidation sites excluding steroid dienone is 1. The lowest BCUT2D eigenvalue weighted by atomic mass is 10.0. The Labute approximate surface area is 115 Å². The highest BCUT2D eigenvalue weighted by Gasteiger charge is 1.96. The van der Waals surface area contributed by atoms with Gasteiger partial charge < -0.3 is 0 Å². The van der Waals surface area contributed by atoms with Crippen molar-refractivity contribution >= 4 is 12.1 Å². The summed E-state index contributed by atoms with van der Waals surface area (Å²) in [5.74, 6) is 0. The Morgan fingerprint density at radius 2 is 1.67 bits per heavy atom.